The molecule has 0 radical (unpaired) electrons. The minimum absolute atomic E-state index is 0.293. The lowest BCUT2D eigenvalue weighted by molar-refractivity contribution is 0.174. The molecule has 1 aliphatic rings. The van der Waals surface area contributed by atoms with Crippen LogP contribution in [0.3, 0.4) is 0 Å². The van der Waals surface area contributed by atoms with Gasteiger partial charge in [-0.3, -0.25) is 0 Å². The molecule has 0 amide bonds. The number of hydrogen-bond donors (Lipinski definition) is 0. The second kappa shape index (κ2) is 3.45. The van der Waals surface area contributed by atoms with E-state index in [0.717, 1.165) is 44.2 Å². The molecule has 0 fully saturated rings. The van der Waals surface area contributed by atoms with E-state index in [0.29, 0.717) is 6.79 Å². The third-order valence-corrected chi connectivity index (χ3v) is 3.85. The first-order valence-electron chi connectivity index (χ1n) is 6.54. The summed E-state index contributed by atoms with van der Waals surface area (Å²) < 4.78 is 16.8. The molecule has 0 N–H and O–H groups in total. The molecule has 1 aromatic heterocycles. The smallest absolute Gasteiger partial charge is 0.231 e. The van der Waals surface area contributed by atoms with Crippen molar-refractivity contribution in [1.82, 2.24) is 0 Å². The highest BCUT2D eigenvalue weighted by molar-refractivity contribution is 6.19. The van der Waals surface area contributed by atoms with E-state index in [4.69, 9.17) is 13.9 Å². The second-order valence-corrected chi connectivity index (χ2v) is 4.96. The van der Waals surface area contributed by atoms with Crippen LogP contribution in [0.2, 0.25) is 0 Å². The van der Waals surface area contributed by atoms with Gasteiger partial charge in [0, 0.05) is 10.8 Å². The predicted molar refractivity (Wildman–Crippen MR) is 77.3 cm³/mol. The Hall–Kier alpha value is -2.68. The molecule has 0 bridgehead atoms. The fourth-order valence-electron chi connectivity index (χ4n) is 2.94. The Morgan fingerprint density at radius 2 is 1.60 bits per heavy atom. The fourth-order valence-corrected chi connectivity index (χ4v) is 2.94. The predicted octanol–water partition coefficient (Wildman–Crippen LogP) is 4.47. The van der Waals surface area contributed by atoms with Gasteiger partial charge >= 0.3 is 0 Å². The summed E-state index contributed by atoms with van der Waals surface area (Å²) in [7, 11) is 0. The van der Waals surface area contributed by atoms with Crippen LogP contribution in [0.5, 0.6) is 11.5 Å². The van der Waals surface area contributed by atoms with Crippen LogP contribution in [0, 0.1) is 0 Å². The molecule has 3 nitrogen and oxygen atoms in total. The van der Waals surface area contributed by atoms with Crippen LogP contribution in [0.25, 0.3) is 32.7 Å². The van der Waals surface area contributed by atoms with Crippen LogP contribution in [0.1, 0.15) is 0 Å². The van der Waals surface area contributed by atoms with Crippen LogP contribution < -0.4 is 9.47 Å². The topological polar surface area (TPSA) is 31.6 Å². The van der Waals surface area contributed by atoms with E-state index in [1.54, 1.807) is 0 Å². The number of rotatable bonds is 0. The third kappa shape index (κ3) is 1.19. The molecule has 0 unspecified atom stereocenters. The van der Waals surface area contributed by atoms with Crippen LogP contribution in [-0.4, -0.2) is 6.79 Å². The van der Waals surface area contributed by atoms with Gasteiger partial charge in [0.15, 0.2) is 11.5 Å². The number of hydrogen-bond acceptors (Lipinski definition) is 3. The molecule has 5 rings (SSSR count). The minimum atomic E-state index is 0.293. The molecular weight excluding hydrogens is 252 g/mol. The lowest BCUT2D eigenvalue weighted by Crippen LogP contribution is -1.92. The summed E-state index contributed by atoms with van der Waals surface area (Å²) in [4.78, 5) is 0. The molecule has 1 aliphatic heterocycles. The summed E-state index contributed by atoms with van der Waals surface area (Å²) in [5.41, 5.74) is 1.81. The summed E-state index contributed by atoms with van der Waals surface area (Å²) in [6.07, 6.45) is 0. The highest BCUT2D eigenvalue weighted by atomic mass is 16.7. The molecular formula is C17H10O3. The summed E-state index contributed by atoms with van der Waals surface area (Å²) >= 11 is 0. The normalized spacial score (nSPS) is 13.6. The SMILES string of the molecule is c1ccc2c(c1)oc1ccc3cc4c(cc3c12)OCO4. The van der Waals surface area contributed by atoms with Gasteiger partial charge in [0.05, 0.1) is 0 Å². The summed E-state index contributed by atoms with van der Waals surface area (Å²) in [6.45, 7) is 0.293. The summed E-state index contributed by atoms with van der Waals surface area (Å²) in [6, 6.07) is 16.2. The molecule has 96 valence electrons. The maximum absolute atomic E-state index is 5.91. The van der Waals surface area contributed by atoms with Gasteiger partial charge in [-0.1, -0.05) is 24.3 Å². The third-order valence-electron chi connectivity index (χ3n) is 3.85. The number of fused-ring (bicyclic) bond motifs is 6. The Balaban J connectivity index is 2.04. The molecule has 0 saturated carbocycles. The number of benzene rings is 3. The van der Waals surface area contributed by atoms with Gasteiger partial charge < -0.3 is 13.9 Å². The summed E-state index contributed by atoms with van der Waals surface area (Å²) in [5.74, 6) is 1.61. The lowest BCUT2D eigenvalue weighted by Gasteiger charge is -2.02. The van der Waals surface area contributed by atoms with Crippen LogP contribution in [0.15, 0.2) is 52.9 Å². The average Bonchev–Trinajstić information content (AvgIpc) is 3.08. The highest BCUT2D eigenvalue weighted by Crippen LogP contribution is 2.41. The summed E-state index contributed by atoms with van der Waals surface area (Å²) in [5, 5.41) is 4.54. The first kappa shape index (κ1) is 10.1. The van der Waals surface area contributed by atoms with E-state index in [-0.39, 0.29) is 0 Å². The molecule has 20 heavy (non-hydrogen) atoms. The quantitative estimate of drug-likeness (QED) is 0.468. The average molecular weight is 262 g/mol. The zero-order valence-corrected chi connectivity index (χ0v) is 10.6. The van der Waals surface area contributed by atoms with E-state index in [1.807, 2.05) is 36.4 Å². The van der Waals surface area contributed by atoms with E-state index in [9.17, 15) is 0 Å². The first-order valence-corrected chi connectivity index (χ1v) is 6.54. The molecule has 4 aromatic rings. The van der Waals surface area contributed by atoms with Crippen molar-refractivity contribution in [2.45, 2.75) is 0 Å². The van der Waals surface area contributed by atoms with Gasteiger partial charge in [-0.2, -0.15) is 0 Å². The van der Waals surface area contributed by atoms with E-state index in [2.05, 4.69) is 12.1 Å². The molecule has 0 atom stereocenters. The van der Waals surface area contributed by atoms with Crippen molar-refractivity contribution in [2.75, 3.05) is 6.79 Å². The Morgan fingerprint density at radius 1 is 0.750 bits per heavy atom. The largest absolute Gasteiger partial charge is 0.456 e. The lowest BCUT2D eigenvalue weighted by atomic mass is 10.0. The zero-order chi connectivity index (χ0) is 13.1. The Labute approximate surface area is 114 Å². The first-order chi connectivity index (χ1) is 9.90. The maximum atomic E-state index is 5.91. The Morgan fingerprint density at radius 3 is 2.55 bits per heavy atom. The van der Waals surface area contributed by atoms with Gasteiger partial charge in [0.25, 0.3) is 0 Å². The van der Waals surface area contributed by atoms with E-state index in [1.165, 1.54) is 0 Å². The standard InChI is InChI=1S/C17H10O3/c1-2-4-13-11(3-1)17-12-8-16-15(18-9-19-16)7-10(12)5-6-14(17)20-13/h1-8H,9H2. The second-order valence-electron chi connectivity index (χ2n) is 4.96. The van der Waals surface area contributed by atoms with Crippen molar-refractivity contribution >= 4 is 32.7 Å². The van der Waals surface area contributed by atoms with Gasteiger partial charge in [-0.25, -0.2) is 0 Å². The van der Waals surface area contributed by atoms with Gasteiger partial charge in [0.2, 0.25) is 6.79 Å². The molecule has 2 heterocycles. The fraction of sp³-hybridized carbons (Fsp3) is 0.0588. The van der Waals surface area contributed by atoms with Crippen molar-refractivity contribution in [3.63, 3.8) is 0 Å². The Kier molecular flexibility index (Phi) is 1.75. The molecule has 0 aliphatic carbocycles. The van der Waals surface area contributed by atoms with Crippen molar-refractivity contribution < 1.29 is 13.9 Å². The van der Waals surface area contributed by atoms with Crippen LogP contribution >= 0.6 is 0 Å². The highest BCUT2D eigenvalue weighted by Gasteiger charge is 2.17. The molecule has 3 heteroatoms. The van der Waals surface area contributed by atoms with E-state index < -0.39 is 0 Å². The minimum Gasteiger partial charge on any atom is -0.456 e. The van der Waals surface area contributed by atoms with Crippen molar-refractivity contribution in [3.05, 3.63) is 48.5 Å². The van der Waals surface area contributed by atoms with Gasteiger partial charge in [0.1, 0.15) is 11.2 Å². The number of para-hydroxylation sites is 1. The maximum Gasteiger partial charge on any atom is 0.231 e. The number of ether oxygens (including phenoxy) is 2. The van der Waals surface area contributed by atoms with Crippen molar-refractivity contribution in [2.24, 2.45) is 0 Å². The molecule has 0 spiro atoms. The van der Waals surface area contributed by atoms with Crippen molar-refractivity contribution in [3.8, 4) is 11.5 Å². The monoisotopic (exact) mass is 262 g/mol. The van der Waals surface area contributed by atoms with Crippen molar-refractivity contribution in [1.29, 1.82) is 0 Å². The van der Waals surface area contributed by atoms with Crippen LogP contribution in [0.4, 0.5) is 0 Å². The Bertz CT molecular complexity index is 982. The van der Waals surface area contributed by atoms with E-state index >= 15 is 0 Å². The number of furan rings is 1. The van der Waals surface area contributed by atoms with Gasteiger partial charge in [-0.05, 0) is 35.0 Å². The van der Waals surface area contributed by atoms with Crippen LogP contribution in [-0.2, 0) is 0 Å². The zero-order valence-electron chi connectivity index (χ0n) is 10.6. The van der Waals surface area contributed by atoms with Gasteiger partial charge in [-0.15, -0.1) is 0 Å². The molecule has 0 saturated heterocycles. The molecule has 3 aromatic carbocycles.